The van der Waals surface area contributed by atoms with E-state index in [9.17, 15) is 0 Å². The number of unbranched alkanes of at least 4 members (excludes halogenated alkanes) is 1. The Morgan fingerprint density at radius 3 is 2.56 bits per heavy atom. The van der Waals surface area contributed by atoms with Gasteiger partial charge in [0.15, 0.2) is 0 Å². The molecule has 1 aromatic heterocycles. The lowest BCUT2D eigenvalue weighted by atomic mass is 9.78. The van der Waals surface area contributed by atoms with E-state index in [2.05, 4.69) is 59.5 Å². The van der Waals surface area contributed by atoms with Crippen molar-refractivity contribution in [2.75, 3.05) is 5.33 Å². The minimum atomic E-state index is 0.398. The van der Waals surface area contributed by atoms with Crippen LogP contribution in [0.2, 0.25) is 0 Å². The van der Waals surface area contributed by atoms with Gasteiger partial charge in [0.25, 0.3) is 0 Å². The summed E-state index contributed by atoms with van der Waals surface area (Å²) in [4.78, 5) is 0. The lowest BCUT2D eigenvalue weighted by molar-refractivity contribution is 0.276. The van der Waals surface area contributed by atoms with E-state index in [1.54, 1.807) is 0 Å². The first-order valence-electron chi connectivity index (χ1n) is 7.20. The van der Waals surface area contributed by atoms with E-state index in [1.165, 1.54) is 31.4 Å². The minimum Gasteiger partial charge on any atom is -0.270 e. The molecule has 1 rings (SSSR count). The van der Waals surface area contributed by atoms with Crippen LogP contribution in [0.1, 0.15) is 57.8 Å². The summed E-state index contributed by atoms with van der Waals surface area (Å²) in [6, 6.07) is 2.25. The van der Waals surface area contributed by atoms with Gasteiger partial charge >= 0.3 is 0 Å². The number of alkyl halides is 1. The number of nitrogens with zero attached hydrogens (tertiary/aromatic N) is 2. The number of hydrogen-bond donors (Lipinski definition) is 0. The van der Waals surface area contributed by atoms with Crippen molar-refractivity contribution in [1.82, 2.24) is 9.78 Å². The van der Waals surface area contributed by atoms with Crippen LogP contribution in [0.25, 0.3) is 0 Å². The van der Waals surface area contributed by atoms with Crippen molar-refractivity contribution in [3.8, 4) is 0 Å². The number of aryl methyl sites for hydroxylation is 2. The largest absolute Gasteiger partial charge is 0.270 e. The minimum absolute atomic E-state index is 0.398. The standard InChI is InChI=1S/C15H27BrN2/c1-5-8-9-15(6-2,12-16)11-14-10-13(4)17-18(14)7-3/h10H,5-9,11-12H2,1-4H3. The Bertz CT molecular complexity index is 353. The van der Waals surface area contributed by atoms with E-state index in [0.717, 1.165) is 24.0 Å². The van der Waals surface area contributed by atoms with Crippen LogP contribution in [-0.4, -0.2) is 15.1 Å². The van der Waals surface area contributed by atoms with Crippen molar-refractivity contribution < 1.29 is 0 Å². The second kappa shape index (κ2) is 7.32. The fourth-order valence-corrected chi connectivity index (χ4v) is 3.43. The van der Waals surface area contributed by atoms with Gasteiger partial charge in [0.2, 0.25) is 0 Å². The van der Waals surface area contributed by atoms with E-state index in [4.69, 9.17) is 0 Å². The molecule has 0 saturated heterocycles. The van der Waals surface area contributed by atoms with Gasteiger partial charge in [-0.15, -0.1) is 0 Å². The van der Waals surface area contributed by atoms with Crippen LogP contribution in [0.3, 0.4) is 0 Å². The van der Waals surface area contributed by atoms with Gasteiger partial charge in [0.1, 0.15) is 0 Å². The van der Waals surface area contributed by atoms with Crippen molar-refractivity contribution >= 4 is 15.9 Å². The van der Waals surface area contributed by atoms with Crippen LogP contribution in [0.15, 0.2) is 6.07 Å². The quantitative estimate of drug-likeness (QED) is 0.634. The molecule has 18 heavy (non-hydrogen) atoms. The van der Waals surface area contributed by atoms with Crippen molar-refractivity contribution in [2.24, 2.45) is 5.41 Å². The highest BCUT2D eigenvalue weighted by atomic mass is 79.9. The lowest BCUT2D eigenvalue weighted by Gasteiger charge is -2.31. The topological polar surface area (TPSA) is 17.8 Å². The first-order valence-corrected chi connectivity index (χ1v) is 8.32. The maximum absolute atomic E-state index is 4.56. The average Bonchev–Trinajstić information content (AvgIpc) is 2.74. The Kier molecular flexibility index (Phi) is 6.40. The molecule has 1 heterocycles. The fraction of sp³-hybridized carbons (Fsp3) is 0.800. The van der Waals surface area contributed by atoms with E-state index in [-0.39, 0.29) is 0 Å². The molecular weight excluding hydrogens is 288 g/mol. The fourth-order valence-electron chi connectivity index (χ4n) is 2.55. The molecule has 1 unspecified atom stereocenters. The van der Waals surface area contributed by atoms with E-state index >= 15 is 0 Å². The van der Waals surface area contributed by atoms with E-state index in [1.807, 2.05) is 0 Å². The molecule has 2 nitrogen and oxygen atoms in total. The van der Waals surface area contributed by atoms with Crippen LogP contribution in [0.4, 0.5) is 0 Å². The Morgan fingerprint density at radius 2 is 2.06 bits per heavy atom. The SMILES string of the molecule is CCCCC(CC)(CBr)Cc1cc(C)nn1CC. The van der Waals surface area contributed by atoms with Gasteiger partial charge in [0.05, 0.1) is 5.69 Å². The van der Waals surface area contributed by atoms with Crippen LogP contribution >= 0.6 is 15.9 Å². The molecule has 0 saturated carbocycles. The predicted molar refractivity (Wildman–Crippen MR) is 82.4 cm³/mol. The zero-order valence-electron chi connectivity index (χ0n) is 12.3. The second-order valence-corrected chi connectivity index (χ2v) is 5.92. The van der Waals surface area contributed by atoms with Gasteiger partial charge in [-0.2, -0.15) is 5.10 Å². The maximum atomic E-state index is 4.56. The smallest absolute Gasteiger partial charge is 0.0596 e. The summed E-state index contributed by atoms with van der Waals surface area (Å²) in [6.45, 7) is 9.82. The molecule has 3 heteroatoms. The highest BCUT2D eigenvalue weighted by molar-refractivity contribution is 9.09. The van der Waals surface area contributed by atoms with Crippen LogP contribution in [0, 0.1) is 12.3 Å². The second-order valence-electron chi connectivity index (χ2n) is 5.36. The number of rotatable bonds is 8. The molecule has 0 amide bonds. The summed E-state index contributed by atoms with van der Waals surface area (Å²) >= 11 is 3.74. The predicted octanol–water partition coefficient (Wildman–Crippen LogP) is 4.74. The lowest BCUT2D eigenvalue weighted by Crippen LogP contribution is -2.26. The third-order valence-electron chi connectivity index (χ3n) is 3.94. The Hall–Kier alpha value is -0.310. The molecule has 104 valence electrons. The Labute approximate surface area is 120 Å². The van der Waals surface area contributed by atoms with Gasteiger partial charge < -0.3 is 0 Å². The first kappa shape index (κ1) is 15.7. The maximum Gasteiger partial charge on any atom is 0.0596 e. The van der Waals surface area contributed by atoms with Crippen molar-refractivity contribution in [2.45, 2.75) is 66.3 Å². The van der Waals surface area contributed by atoms with Gasteiger partial charge in [0, 0.05) is 17.6 Å². The summed E-state index contributed by atoms with van der Waals surface area (Å²) in [5, 5.41) is 5.65. The summed E-state index contributed by atoms with van der Waals surface area (Å²) in [6.07, 6.45) is 6.27. The molecule has 0 aliphatic rings. The number of halogens is 1. The third-order valence-corrected chi connectivity index (χ3v) is 5.12. The summed E-state index contributed by atoms with van der Waals surface area (Å²) in [5.41, 5.74) is 2.93. The number of aromatic nitrogens is 2. The molecule has 0 aliphatic heterocycles. The van der Waals surface area contributed by atoms with Crippen LogP contribution in [0.5, 0.6) is 0 Å². The van der Waals surface area contributed by atoms with Gasteiger partial charge in [-0.05, 0) is 44.6 Å². The highest BCUT2D eigenvalue weighted by Gasteiger charge is 2.28. The molecule has 0 bridgehead atoms. The first-order chi connectivity index (χ1) is 8.60. The number of hydrogen-bond acceptors (Lipinski definition) is 1. The van der Waals surface area contributed by atoms with E-state index < -0.39 is 0 Å². The van der Waals surface area contributed by atoms with Crippen molar-refractivity contribution in [3.05, 3.63) is 17.5 Å². The molecular formula is C15H27BrN2. The van der Waals surface area contributed by atoms with Gasteiger partial charge in [-0.3, -0.25) is 4.68 Å². The molecule has 0 radical (unpaired) electrons. The van der Waals surface area contributed by atoms with Gasteiger partial charge in [-0.1, -0.05) is 42.6 Å². The third kappa shape index (κ3) is 3.84. The van der Waals surface area contributed by atoms with Crippen LogP contribution < -0.4 is 0 Å². The monoisotopic (exact) mass is 314 g/mol. The molecule has 0 N–H and O–H groups in total. The normalized spacial score (nSPS) is 14.7. The Balaban J connectivity index is 2.87. The van der Waals surface area contributed by atoms with Crippen LogP contribution in [-0.2, 0) is 13.0 Å². The Morgan fingerprint density at radius 1 is 1.33 bits per heavy atom. The zero-order valence-corrected chi connectivity index (χ0v) is 13.9. The van der Waals surface area contributed by atoms with Crippen molar-refractivity contribution in [1.29, 1.82) is 0 Å². The van der Waals surface area contributed by atoms with E-state index in [0.29, 0.717) is 5.41 Å². The van der Waals surface area contributed by atoms with Gasteiger partial charge in [-0.25, -0.2) is 0 Å². The molecule has 0 fully saturated rings. The summed E-state index contributed by atoms with van der Waals surface area (Å²) in [7, 11) is 0. The average molecular weight is 315 g/mol. The highest BCUT2D eigenvalue weighted by Crippen LogP contribution is 2.35. The molecule has 1 atom stereocenters. The molecule has 0 aliphatic carbocycles. The van der Waals surface area contributed by atoms with Crippen molar-refractivity contribution in [3.63, 3.8) is 0 Å². The summed E-state index contributed by atoms with van der Waals surface area (Å²) < 4.78 is 2.16. The molecule has 0 spiro atoms. The molecule has 1 aromatic rings. The summed E-state index contributed by atoms with van der Waals surface area (Å²) in [5.74, 6) is 0. The molecule has 0 aromatic carbocycles. The zero-order chi connectivity index (χ0) is 13.6.